The van der Waals surface area contributed by atoms with Crippen LogP contribution in [-0.2, 0) is 46.3 Å². The molecule has 20 nitrogen and oxygen atoms in total. The van der Waals surface area contributed by atoms with Crippen molar-refractivity contribution >= 4 is 58.5 Å². The summed E-state index contributed by atoms with van der Waals surface area (Å²) in [4.78, 5) is 81.2. The van der Waals surface area contributed by atoms with E-state index in [1.807, 2.05) is 24.3 Å². The number of likely N-dealkylation sites (N-methyl/N-ethyl adjacent to an activating group) is 3. The lowest BCUT2D eigenvalue weighted by molar-refractivity contribution is -0.155. The van der Waals surface area contributed by atoms with Crippen LogP contribution in [0.5, 0.6) is 11.5 Å². The van der Waals surface area contributed by atoms with Crippen molar-refractivity contribution in [2.75, 3.05) is 68.6 Å². The molecule has 8 atom stereocenters. The summed E-state index contributed by atoms with van der Waals surface area (Å²) in [5, 5.41) is 94.9. The molecule has 2 aromatic carbocycles. The summed E-state index contributed by atoms with van der Waals surface area (Å²) < 4.78 is 5.00. The number of methoxy groups -OCH3 is 1. The van der Waals surface area contributed by atoms with Crippen molar-refractivity contribution in [1.29, 1.82) is 0 Å². The fourth-order valence-corrected chi connectivity index (χ4v) is 11.8. The first-order valence-corrected chi connectivity index (χ1v) is 23.8. The number of nitrogens with two attached hydrogens (primary N) is 1. The van der Waals surface area contributed by atoms with Gasteiger partial charge in [-0.15, -0.1) is 0 Å². The van der Waals surface area contributed by atoms with E-state index in [2.05, 4.69) is 10.6 Å². The number of phenolic OH excluding ortho intramolecular Hbond substituents is 2. The smallest absolute Gasteiger partial charge is 0.255 e. The number of carbonyl (C=O) groups excluding carboxylic acids is 6. The molecule has 0 bridgehead atoms. The molecular weight excluding hydrogens is 947 g/mol. The number of ether oxygens (including phenoxy) is 1. The highest BCUT2D eigenvalue weighted by molar-refractivity contribution is 6.26. The fourth-order valence-electron chi connectivity index (χ4n) is 11.8. The molecule has 20 heteroatoms. The second-order valence-electron chi connectivity index (χ2n) is 19.7. The number of aliphatic hydroxyl groups excluding tert-OH is 4. The average molecular weight is 1010 g/mol. The summed E-state index contributed by atoms with van der Waals surface area (Å²) in [6.45, 7) is 3.49. The predicted molar refractivity (Wildman–Crippen MR) is 267 cm³/mol. The van der Waals surface area contributed by atoms with E-state index in [-0.39, 0.29) is 59.5 Å². The maximum atomic E-state index is 13.8. The number of phenols is 2. The van der Waals surface area contributed by atoms with Gasteiger partial charge in [0.2, 0.25) is 11.6 Å². The molecular formula is C53H63N5O15. The zero-order valence-corrected chi connectivity index (χ0v) is 41.6. The van der Waals surface area contributed by atoms with Crippen molar-refractivity contribution in [2.24, 2.45) is 29.4 Å². The molecule has 390 valence electrons. The van der Waals surface area contributed by atoms with Crippen LogP contribution in [-0.4, -0.2) is 177 Å². The van der Waals surface area contributed by atoms with Crippen LogP contribution in [0.15, 0.2) is 70.2 Å². The number of ketones is 5. The van der Waals surface area contributed by atoms with Gasteiger partial charge in [0, 0.05) is 49.7 Å². The number of nitrogens with zero attached hydrogens (tertiary/aromatic N) is 2. The molecule has 8 rings (SSSR count). The summed E-state index contributed by atoms with van der Waals surface area (Å²) in [5.41, 5.74) is 1.33. The van der Waals surface area contributed by atoms with Gasteiger partial charge < -0.3 is 62.0 Å². The van der Waals surface area contributed by atoms with Crippen molar-refractivity contribution < 1.29 is 74.4 Å². The largest absolute Gasteiger partial charge is 0.508 e. The van der Waals surface area contributed by atoms with Crippen molar-refractivity contribution in [1.82, 2.24) is 20.4 Å². The predicted octanol–water partition coefficient (Wildman–Crippen LogP) is 1.51. The van der Waals surface area contributed by atoms with Crippen LogP contribution in [0, 0.1) is 23.7 Å². The molecule has 12 N–H and O–H groups in total. The maximum absolute atomic E-state index is 13.8. The zero-order valence-electron chi connectivity index (χ0n) is 41.6. The highest BCUT2D eigenvalue weighted by Crippen LogP contribution is 2.55. The Kier molecular flexibility index (Phi) is 15.3. The number of amides is 1. The van der Waals surface area contributed by atoms with Gasteiger partial charge in [-0.1, -0.05) is 36.4 Å². The number of nitrogens with one attached hydrogen (secondary N) is 2. The SMILES string of the molecule is CNC/C=C/c1ccc(O)c2c1C[C@H]1C[C@H]3[C@H](N(C)C)C(=O)C(C(C)=O)=C(O)[C@@]3(O)C(=O)C1=C2O.COCCNC/C=C/c1ccc(O)c2c1C[C@H]1C[C@H]3[C@H](N(C)C)C(=O)C(C(N)=O)=C(O)[C@@]3(O)C(=O)C1=C2O. The third-order valence-corrected chi connectivity index (χ3v) is 15.0. The van der Waals surface area contributed by atoms with Crippen molar-refractivity contribution in [3.63, 3.8) is 0 Å². The number of hydrogen-bond acceptors (Lipinski definition) is 19. The summed E-state index contributed by atoms with van der Waals surface area (Å²) in [7, 11) is 9.76. The zero-order chi connectivity index (χ0) is 53.8. The van der Waals surface area contributed by atoms with Gasteiger partial charge in [0.15, 0.2) is 28.6 Å². The number of hydrogen-bond donors (Lipinski definition) is 11. The van der Waals surface area contributed by atoms with Gasteiger partial charge in [-0.3, -0.25) is 38.6 Å². The number of fused-ring (bicyclic) bond motifs is 6. The fraction of sp³-hybridized carbons (Fsp3) is 0.434. The Balaban J connectivity index is 0.000000214. The molecule has 1 amide bonds. The van der Waals surface area contributed by atoms with Gasteiger partial charge >= 0.3 is 0 Å². The minimum absolute atomic E-state index is 0.0448. The van der Waals surface area contributed by atoms with Crippen molar-refractivity contribution in [2.45, 2.75) is 55.9 Å². The van der Waals surface area contributed by atoms with Crippen LogP contribution >= 0.6 is 0 Å². The van der Waals surface area contributed by atoms with E-state index >= 15 is 0 Å². The third kappa shape index (κ3) is 8.79. The molecule has 2 fully saturated rings. The first kappa shape index (κ1) is 54.0. The number of aliphatic hydroxyl groups is 6. The molecule has 0 unspecified atom stereocenters. The Hall–Kier alpha value is -6.78. The molecule has 73 heavy (non-hydrogen) atoms. The minimum atomic E-state index is -2.65. The first-order valence-electron chi connectivity index (χ1n) is 23.8. The number of aromatic hydroxyl groups is 2. The van der Waals surface area contributed by atoms with Gasteiger partial charge in [0.05, 0.1) is 29.8 Å². The molecule has 6 aliphatic rings. The van der Waals surface area contributed by atoms with Gasteiger partial charge in [-0.05, 0) is 114 Å². The summed E-state index contributed by atoms with van der Waals surface area (Å²) >= 11 is 0. The third-order valence-electron chi connectivity index (χ3n) is 15.0. The number of carbonyl (C=O) groups is 6. The number of Topliss-reactive ketones (excluding diaryl/α,β-unsaturated/α-hetero) is 5. The quantitative estimate of drug-likeness (QED) is 0.100. The second kappa shape index (κ2) is 20.6. The van der Waals surface area contributed by atoms with Gasteiger partial charge in [0.1, 0.15) is 45.7 Å². The Morgan fingerprint density at radius 3 is 1.53 bits per heavy atom. The normalized spacial score (nSPS) is 27.8. The van der Waals surface area contributed by atoms with E-state index in [1.54, 1.807) is 54.5 Å². The molecule has 6 aliphatic carbocycles. The summed E-state index contributed by atoms with van der Waals surface area (Å²) in [5.74, 6) is -12.3. The lowest BCUT2D eigenvalue weighted by Gasteiger charge is -2.50. The number of rotatable bonds is 13. The number of benzene rings is 2. The van der Waals surface area contributed by atoms with E-state index in [1.165, 1.54) is 21.9 Å². The molecule has 2 aromatic rings. The molecule has 0 aliphatic heterocycles. The Labute approximate surface area is 421 Å². The average Bonchev–Trinajstić information content (AvgIpc) is 3.31. The van der Waals surface area contributed by atoms with Crippen LogP contribution in [0.25, 0.3) is 23.7 Å². The van der Waals surface area contributed by atoms with Crippen LogP contribution in [0.2, 0.25) is 0 Å². The van der Waals surface area contributed by atoms with E-state index in [9.17, 15) is 69.6 Å². The number of primary amides is 1. The summed E-state index contributed by atoms with van der Waals surface area (Å²) in [6, 6.07) is 4.12. The molecule has 0 heterocycles. The second-order valence-corrected chi connectivity index (χ2v) is 19.7. The molecule has 0 spiro atoms. The Morgan fingerprint density at radius 2 is 1.14 bits per heavy atom. The van der Waals surface area contributed by atoms with E-state index < -0.39 is 116 Å². The minimum Gasteiger partial charge on any atom is -0.508 e. The molecule has 0 aromatic heterocycles. The van der Waals surface area contributed by atoms with Gasteiger partial charge in [0.25, 0.3) is 5.91 Å². The lowest BCUT2D eigenvalue weighted by atomic mass is 9.57. The van der Waals surface area contributed by atoms with E-state index in [4.69, 9.17) is 10.5 Å². The summed E-state index contributed by atoms with van der Waals surface area (Å²) in [6.07, 6.45) is 8.13. The lowest BCUT2D eigenvalue weighted by Crippen LogP contribution is -2.65. The molecule has 0 saturated heterocycles. The topological polar surface area (TPSA) is 330 Å². The highest BCUT2D eigenvalue weighted by atomic mass is 16.5. The van der Waals surface area contributed by atoms with Crippen molar-refractivity contribution in [3.8, 4) is 11.5 Å². The standard InChI is InChI=1S/C27H33N3O8.C26H30N2O7/c1-30(2)21-16-12-14-11-15-13(5-4-8-29-9-10-38-3)6-7-17(31)19(15)22(32)18(14)24(34)27(16,37)25(35)20(23(21)33)26(28)36;1-12(29)18-23(32)21(28(3)4)16-11-14-10-15-13(6-5-9-27-2)7-8-17(30)20(15)22(31)19(14)25(34)26(16,35)24(18)33/h4-7,14,16,21,29,31-32,35,37H,8-12H2,1-3H3,(H2,28,36);5-8,14,16,21,27,30-31,33,35H,9-11H2,1-4H3/b5-4+;6-5+/t14-,16-,21-,27-;14-,16-,21-,26+/m00/s1. The first-order chi connectivity index (χ1) is 34.4. The Bertz CT molecular complexity index is 2890. The van der Waals surface area contributed by atoms with Crippen LogP contribution in [0.1, 0.15) is 53.1 Å². The van der Waals surface area contributed by atoms with E-state index in [0.29, 0.717) is 37.4 Å². The monoisotopic (exact) mass is 1010 g/mol. The van der Waals surface area contributed by atoms with Crippen molar-refractivity contribution in [3.05, 3.63) is 104 Å². The van der Waals surface area contributed by atoms with Crippen LogP contribution in [0.4, 0.5) is 0 Å². The van der Waals surface area contributed by atoms with E-state index in [0.717, 1.165) is 18.1 Å². The maximum Gasteiger partial charge on any atom is 0.255 e. The van der Waals surface area contributed by atoms with Crippen LogP contribution in [0.3, 0.4) is 0 Å². The Morgan fingerprint density at radius 1 is 0.712 bits per heavy atom. The highest BCUT2D eigenvalue weighted by Gasteiger charge is 2.65. The molecule has 2 saturated carbocycles. The van der Waals surface area contributed by atoms with Crippen LogP contribution < -0.4 is 16.4 Å². The van der Waals surface area contributed by atoms with Gasteiger partial charge in [-0.2, -0.15) is 0 Å². The van der Waals surface area contributed by atoms with Gasteiger partial charge in [-0.25, -0.2) is 0 Å². The molecule has 0 radical (unpaired) electrons.